The Bertz CT molecular complexity index is 1530. The molecule has 55 heavy (non-hydrogen) atoms. The molecule has 0 bridgehead atoms. The largest absolute Gasteiger partial charge is 0.347 e. The predicted octanol–water partition coefficient (Wildman–Crippen LogP) is 14.2. The minimum atomic E-state index is -0.317. The first-order valence-electron chi connectivity index (χ1n) is 22.0. The van der Waals surface area contributed by atoms with Crippen LogP contribution in [0.15, 0.2) is 83.9 Å². The zero-order valence-corrected chi connectivity index (χ0v) is 35.7. The van der Waals surface area contributed by atoms with E-state index >= 15 is 0 Å². The van der Waals surface area contributed by atoms with Gasteiger partial charge in [-0.15, -0.1) is 6.58 Å². The molecular weight excluding hydrogens is 744 g/mol. The second kappa shape index (κ2) is 21.5. The van der Waals surface area contributed by atoms with Crippen LogP contribution in [0.3, 0.4) is 0 Å². The van der Waals surface area contributed by atoms with E-state index in [1.807, 2.05) is 0 Å². The van der Waals surface area contributed by atoms with Crippen molar-refractivity contribution in [1.29, 1.82) is 0 Å². The summed E-state index contributed by atoms with van der Waals surface area (Å²) in [5.74, 6) is 3.02. The molecule has 6 aliphatic rings. The molecule has 2 saturated heterocycles. The average molecular weight is 814 g/mol. The molecule has 2 aromatic carbocycles. The van der Waals surface area contributed by atoms with Crippen LogP contribution in [0.25, 0.3) is 17.2 Å². The first-order chi connectivity index (χ1) is 26.9. The molecule has 2 heterocycles. The monoisotopic (exact) mass is 812 g/mol. The summed E-state index contributed by atoms with van der Waals surface area (Å²) in [6, 6.07) is 17.6. The summed E-state index contributed by atoms with van der Waals surface area (Å²) in [7, 11) is 0. The standard InChI is InChI=1S/C25H34O2.C14H15BrO2.C11H20/c1-2-3-20-4-6-21(7-5-20)8-9-22-10-12-23(13-11-22)24-14-16-25(17-15-24)26-18-19-27-25;15-13-3-1-11(2-4-13)12-5-7-14(8-6-12)16-9-10-17-14;1-3-5-11-8-6-10(4-2)7-9-11/h8-14,20-21H,2-7,15-19H2,1H3;1-5H,6-10H2;4,10-11H,2-3,5-9H2,1H3. The summed E-state index contributed by atoms with van der Waals surface area (Å²) in [6.07, 6.45) is 34.1. The molecule has 4 aliphatic carbocycles. The molecule has 2 aromatic rings. The first-order valence-corrected chi connectivity index (χ1v) is 22.8. The lowest BCUT2D eigenvalue weighted by Gasteiger charge is -2.30. The van der Waals surface area contributed by atoms with Gasteiger partial charge in [-0.3, -0.25) is 0 Å². The highest BCUT2D eigenvalue weighted by atomic mass is 79.9. The van der Waals surface area contributed by atoms with Crippen molar-refractivity contribution >= 4 is 33.2 Å². The number of halogens is 1. The molecule has 0 amide bonds. The third kappa shape index (κ3) is 12.6. The van der Waals surface area contributed by atoms with Gasteiger partial charge in [-0.25, -0.2) is 0 Å². The Morgan fingerprint density at radius 3 is 1.45 bits per heavy atom. The van der Waals surface area contributed by atoms with Gasteiger partial charge in [0.1, 0.15) is 0 Å². The van der Waals surface area contributed by atoms with Gasteiger partial charge < -0.3 is 18.9 Å². The van der Waals surface area contributed by atoms with Crippen molar-refractivity contribution in [3.63, 3.8) is 0 Å². The Morgan fingerprint density at radius 1 is 0.618 bits per heavy atom. The topological polar surface area (TPSA) is 36.9 Å². The number of rotatable bonds is 9. The van der Waals surface area contributed by atoms with Gasteiger partial charge in [0.15, 0.2) is 11.6 Å². The fraction of sp³-hybridized carbons (Fsp3) is 0.600. The SMILES string of the molecule is Brc1ccc(C2=CCC3(CC2)OCCO3)cc1.C=CC1CCC(CCC)CC1.CCCC1CCC(C=Cc2ccc(C3=CCC4(CC3)OCCO4)cc2)CC1. The Morgan fingerprint density at radius 2 is 1.05 bits per heavy atom. The molecular formula is C50H69BrO4. The van der Waals surface area contributed by atoms with Crippen LogP contribution in [-0.2, 0) is 18.9 Å². The Kier molecular flexibility index (Phi) is 16.5. The van der Waals surface area contributed by atoms with E-state index in [0.717, 1.165) is 93.1 Å². The Hall–Kier alpha value is -2.28. The number of ether oxygens (including phenoxy) is 4. The van der Waals surface area contributed by atoms with Crippen molar-refractivity contribution in [3.8, 4) is 0 Å². The van der Waals surface area contributed by atoms with E-state index < -0.39 is 0 Å². The molecule has 4 fully saturated rings. The highest BCUT2D eigenvalue weighted by Crippen LogP contribution is 2.40. The zero-order chi connectivity index (χ0) is 38.4. The minimum absolute atomic E-state index is 0.307. The maximum atomic E-state index is 5.82. The van der Waals surface area contributed by atoms with E-state index in [4.69, 9.17) is 18.9 Å². The molecule has 300 valence electrons. The molecule has 5 heteroatoms. The van der Waals surface area contributed by atoms with Gasteiger partial charge in [0, 0.05) is 30.2 Å². The van der Waals surface area contributed by atoms with Gasteiger partial charge in [0.05, 0.1) is 26.4 Å². The summed E-state index contributed by atoms with van der Waals surface area (Å²) in [4.78, 5) is 0. The number of hydrogen-bond acceptors (Lipinski definition) is 4. The van der Waals surface area contributed by atoms with Crippen molar-refractivity contribution in [2.24, 2.45) is 23.7 Å². The van der Waals surface area contributed by atoms with E-state index in [9.17, 15) is 0 Å². The van der Waals surface area contributed by atoms with Gasteiger partial charge in [-0.05, 0) is 128 Å². The molecule has 2 spiro atoms. The van der Waals surface area contributed by atoms with Gasteiger partial charge in [0.2, 0.25) is 0 Å². The van der Waals surface area contributed by atoms with Gasteiger partial charge in [0.25, 0.3) is 0 Å². The third-order valence-electron chi connectivity index (χ3n) is 13.1. The summed E-state index contributed by atoms with van der Waals surface area (Å²) in [5, 5.41) is 0. The number of benzene rings is 2. The summed E-state index contributed by atoms with van der Waals surface area (Å²) >= 11 is 3.46. The van der Waals surface area contributed by atoms with E-state index in [2.05, 4.69) is 115 Å². The number of allylic oxidation sites excluding steroid dienone is 4. The van der Waals surface area contributed by atoms with Crippen LogP contribution < -0.4 is 0 Å². The fourth-order valence-corrected chi connectivity index (χ4v) is 9.84. The molecule has 0 radical (unpaired) electrons. The van der Waals surface area contributed by atoms with Crippen molar-refractivity contribution < 1.29 is 18.9 Å². The molecule has 2 saturated carbocycles. The van der Waals surface area contributed by atoms with E-state index in [1.54, 1.807) is 0 Å². The van der Waals surface area contributed by atoms with E-state index in [0.29, 0.717) is 0 Å². The minimum Gasteiger partial charge on any atom is -0.347 e. The maximum absolute atomic E-state index is 5.82. The predicted molar refractivity (Wildman–Crippen MR) is 233 cm³/mol. The van der Waals surface area contributed by atoms with E-state index in [1.165, 1.54) is 105 Å². The molecule has 0 aromatic heterocycles. The normalized spacial score (nSPS) is 27.1. The van der Waals surface area contributed by atoms with Gasteiger partial charge in [-0.1, -0.05) is 122 Å². The summed E-state index contributed by atoms with van der Waals surface area (Å²) in [5.41, 5.74) is 6.82. The summed E-state index contributed by atoms with van der Waals surface area (Å²) < 4.78 is 24.2. The van der Waals surface area contributed by atoms with Crippen molar-refractivity contribution in [3.05, 3.63) is 101 Å². The van der Waals surface area contributed by atoms with Crippen LogP contribution in [0, 0.1) is 23.7 Å². The summed E-state index contributed by atoms with van der Waals surface area (Å²) in [6.45, 7) is 11.4. The smallest absolute Gasteiger partial charge is 0.172 e. The molecule has 2 aliphatic heterocycles. The van der Waals surface area contributed by atoms with Crippen LogP contribution in [0.1, 0.15) is 146 Å². The molecule has 4 nitrogen and oxygen atoms in total. The Balaban J connectivity index is 0.000000156. The van der Waals surface area contributed by atoms with Gasteiger partial charge in [-0.2, -0.15) is 0 Å². The highest BCUT2D eigenvalue weighted by Gasteiger charge is 2.38. The van der Waals surface area contributed by atoms with Crippen LogP contribution in [0.4, 0.5) is 0 Å². The quantitative estimate of drug-likeness (QED) is 0.236. The lowest BCUT2D eigenvalue weighted by Crippen LogP contribution is -2.31. The van der Waals surface area contributed by atoms with Crippen LogP contribution in [-0.4, -0.2) is 38.0 Å². The average Bonchev–Trinajstić information content (AvgIpc) is 3.89. The lowest BCUT2D eigenvalue weighted by molar-refractivity contribution is -0.160. The second-order valence-electron chi connectivity index (χ2n) is 16.9. The van der Waals surface area contributed by atoms with Crippen molar-refractivity contribution in [2.75, 3.05) is 26.4 Å². The Labute approximate surface area is 342 Å². The van der Waals surface area contributed by atoms with E-state index in [-0.39, 0.29) is 11.6 Å². The second-order valence-corrected chi connectivity index (χ2v) is 17.9. The van der Waals surface area contributed by atoms with Crippen LogP contribution in [0.5, 0.6) is 0 Å². The highest BCUT2D eigenvalue weighted by molar-refractivity contribution is 9.10. The van der Waals surface area contributed by atoms with Crippen molar-refractivity contribution in [2.45, 2.75) is 141 Å². The number of hydrogen-bond donors (Lipinski definition) is 0. The third-order valence-corrected chi connectivity index (χ3v) is 13.6. The zero-order valence-electron chi connectivity index (χ0n) is 34.1. The van der Waals surface area contributed by atoms with Crippen LogP contribution >= 0.6 is 15.9 Å². The molecule has 0 N–H and O–H groups in total. The van der Waals surface area contributed by atoms with Crippen molar-refractivity contribution in [1.82, 2.24) is 0 Å². The molecule has 8 rings (SSSR count). The van der Waals surface area contributed by atoms with Gasteiger partial charge >= 0.3 is 0 Å². The first kappa shape index (κ1) is 42.3. The fourth-order valence-electron chi connectivity index (χ4n) is 9.58. The lowest BCUT2D eigenvalue weighted by atomic mass is 9.80. The van der Waals surface area contributed by atoms with Crippen LogP contribution in [0.2, 0.25) is 0 Å². The molecule has 0 atom stereocenters. The molecule has 0 unspecified atom stereocenters. The maximum Gasteiger partial charge on any atom is 0.172 e.